The Morgan fingerprint density at radius 2 is 2.00 bits per heavy atom. The van der Waals surface area contributed by atoms with Gasteiger partial charge < -0.3 is 10.1 Å². The van der Waals surface area contributed by atoms with E-state index in [9.17, 15) is 4.79 Å². The lowest BCUT2D eigenvalue weighted by atomic mass is 9.76. The number of nitrogens with one attached hydrogen (secondary N) is 1. The Labute approximate surface area is 146 Å². The zero-order valence-corrected chi connectivity index (χ0v) is 15.2. The van der Waals surface area contributed by atoms with Gasteiger partial charge in [0.05, 0.1) is 12.2 Å². The van der Waals surface area contributed by atoms with E-state index in [0.717, 1.165) is 37.7 Å². The summed E-state index contributed by atoms with van der Waals surface area (Å²) in [5.74, 6) is 1.48. The number of carbonyl (C=O) groups excluding carboxylic acids is 1. The molecule has 0 bridgehead atoms. The van der Waals surface area contributed by atoms with E-state index in [2.05, 4.69) is 19.2 Å². The van der Waals surface area contributed by atoms with Gasteiger partial charge in [-0.1, -0.05) is 57.0 Å². The predicted octanol–water partition coefficient (Wildman–Crippen LogP) is 4.08. The van der Waals surface area contributed by atoms with Crippen LogP contribution in [0.5, 0.6) is 0 Å². The number of rotatable bonds is 7. The van der Waals surface area contributed by atoms with Crippen LogP contribution in [-0.4, -0.2) is 31.1 Å². The molecule has 1 N–H and O–H groups in total. The van der Waals surface area contributed by atoms with Gasteiger partial charge in [-0.15, -0.1) is 0 Å². The Kier molecular flexibility index (Phi) is 5.72. The molecule has 24 heavy (non-hydrogen) atoms. The van der Waals surface area contributed by atoms with Crippen molar-refractivity contribution in [1.29, 1.82) is 0 Å². The minimum absolute atomic E-state index is 0.142. The third kappa shape index (κ3) is 3.73. The second kappa shape index (κ2) is 7.79. The van der Waals surface area contributed by atoms with Gasteiger partial charge in [0.25, 0.3) is 0 Å². The number of carbonyl (C=O) groups is 1. The minimum Gasteiger partial charge on any atom is -0.368 e. The molecule has 3 heteroatoms. The van der Waals surface area contributed by atoms with Crippen molar-refractivity contribution in [3.63, 3.8) is 0 Å². The number of Topliss-reactive ketones (excluding diaryl/α,β-unsaturated/α-hetero) is 1. The van der Waals surface area contributed by atoms with Gasteiger partial charge in [-0.3, -0.25) is 4.79 Å². The molecule has 0 amide bonds. The fourth-order valence-corrected chi connectivity index (χ4v) is 4.52. The molecule has 3 rings (SSSR count). The normalized spacial score (nSPS) is 33.4. The fraction of sp³-hybridized carbons (Fsp3) is 0.667. The smallest absolute Gasteiger partial charge is 0.166 e. The molecular weight excluding hydrogens is 298 g/mol. The number of unbranched alkanes of at least 4 members (excludes halogenated alkanes) is 1. The van der Waals surface area contributed by atoms with Gasteiger partial charge >= 0.3 is 0 Å². The van der Waals surface area contributed by atoms with Crippen molar-refractivity contribution < 1.29 is 9.53 Å². The SMILES string of the molecule is CCCCC(C(=O)c1ccccc1)C1CC(C)C2OC2C(NC)C1. The first-order valence-electron chi connectivity index (χ1n) is 9.57. The highest BCUT2D eigenvalue weighted by atomic mass is 16.6. The Balaban J connectivity index is 1.80. The number of ketones is 1. The standard InChI is InChI=1S/C21H31NO2/c1-4-5-11-17(19(23)15-9-7-6-8-10-15)16-12-14(2)20-21(24-20)18(13-16)22-3/h6-10,14,16-18,20-22H,4-5,11-13H2,1-3H3. The lowest BCUT2D eigenvalue weighted by Crippen LogP contribution is -2.35. The maximum atomic E-state index is 13.2. The van der Waals surface area contributed by atoms with Crippen molar-refractivity contribution >= 4 is 5.78 Å². The first kappa shape index (κ1) is 17.6. The molecule has 1 heterocycles. The molecule has 2 aliphatic rings. The number of hydrogen-bond acceptors (Lipinski definition) is 3. The number of fused-ring (bicyclic) bond motifs is 1. The summed E-state index contributed by atoms with van der Waals surface area (Å²) in [5.41, 5.74) is 0.873. The molecule has 6 unspecified atom stereocenters. The molecule has 1 saturated heterocycles. The highest BCUT2D eigenvalue weighted by Gasteiger charge is 2.51. The molecule has 3 nitrogen and oxygen atoms in total. The molecule has 2 fully saturated rings. The first-order chi connectivity index (χ1) is 11.7. The van der Waals surface area contributed by atoms with Crippen LogP contribution < -0.4 is 5.32 Å². The van der Waals surface area contributed by atoms with Crippen LogP contribution in [0.1, 0.15) is 56.3 Å². The minimum atomic E-state index is 0.142. The van der Waals surface area contributed by atoms with Crippen LogP contribution >= 0.6 is 0 Å². The highest BCUT2D eigenvalue weighted by Crippen LogP contribution is 2.44. The average molecular weight is 329 g/mol. The van der Waals surface area contributed by atoms with Crippen LogP contribution in [0.4, 0.5) is 0 Å². The van der Waals surface area contributed by atoms with Crippen molar-refractivity contribution in [1.82, 2.24) is 5.32 Å². The first-order valence-corrected chi connectivity index (χ1v) is 9.57. The topological polar surface area (TPSA) is 41.6 Å². The van der Waals surface area contributed by atoms with E-state index in [1.807, 2.05) is 37.4 Å². The van der Waals surface area contributed by atoms with Gasteiger partial charge in [-0.05, 0) is 38.1 Å². The predicted molar refractivity (Wildman–Crippen MR) is 97.2 cm³/mol. The quantitative estimate of drug-likeness (QED) is 0.605. The number of epoxide rings is 1. The number of ether oxygens (including phenoxy) is 1. The lowest BCUT2D eigenvalue weighted by Gasteiger charge is -2.29. The molecule has 0 spiro atoms. The number of hydrogen-bond donors (Lipinski definition) is 1. The molecule has 1 aliphatic carbocycles. The third-order valence-corrected chi connectivity index (χ3v) is 5.95. The van der Waals surface area contributed by atoms with Gasteiger partial charge in [-0.25, -0.2) is 0 Å². The fourth-order valence-electron chi connectivity index (χ4n) is 4.52. The summed E-state index contributed by atoms with van der Waals surface area (Å²) in [4.78, 5) is 13.2. The summed E-state index contributed by atoms with van der Waals surface area (Å²) in [5, 5.41) is 3.44. The van der Waals surface area contributed by atoms with Crippen LogP contribution in [-0.2, 0) is 4.74 Å². The monoisotopic (exact) mass is 329 g/mol. The molecule has 1 saturated carbocycles. The van der Waals surface area contributed by atoms with E-state index in [0.29, 0.717) is 35.9 Å². The van der Waals surface area contributed by atoms with Gasteiger partial charge in [-0.2, -0.15) is 0 Å². The summed E-state index contributed by atoms with van der Waals surface area (Å²) in [6, 6.07) is 10.2. The molecule has 1 aromatic rings. The Bertz CT molecular complexity index is 544. The average Bonchev–Trinajstić information content (AvgIpc) is 3.40. The van der Waals surface area contributed by atoms with Crippen molar-refractivity contribution in [3.05, 3.63) is 35.9 Å². The second-order valence-electron chi connectivity index (χ2n) is 7.65. The third-order valence-electron chi connectivity index (χ3n) is 5.95. The van der Waals surface area contributed by atoms with Gasteiger partial charge in [0, 0.05) is 17.5 Å². The van der Waals surface area contributed by atoms with Crippen LogP contribution in [0.15, 0.2) is 30.3 Å². The number of benzene rings is 1. The van der Waals surface area contributed by atoms with E-state index >= 15 is 0 Å². The molecule has 1 aromatic carbocycles. The molecule has 132 valence electrons. The second-order valence-corrected chi connectivity index (χ2v) is 7.65. The van der Waals surface area contributed by atoms with E-state index in [1.165, 1.54) is 0 Å². The van der Waals surface area contributed by atoms with Crippen molar-refractivity contribution in [2.45, 2.75) is 64.2 Å². The highest BCUT2D eigenvalue weighted by molar-refractivity contribution is 5.98. The maximum Gasteiger partial charge on any atom is 0.166 e. The lowest BCUT2D eigenvalue weighted by molar-refractivity contribution is 0.0817. The molecular formula is C21H31NO2. The van der Waals surface area contributed by atoms with Crippen molar-refractivity contribution in [2.75, 3.05) is 7.05 Å². The van der Waals surface area contributed by atoms with Crippen LogP contribution in [0, 0.1) is 17.8 Å². The van der Waals surface area contributed by atoms with Gasteiger partial charge in [0.15, 0.2) is 5.78 Å². The Morgan fingerprint density at radius 1 is 1.25 bits per heavy atom. The Morgan fingerprint density at radius 3 is 2.67 bits per heavy atom. The molecule has 0 aromatic heterocycles. The Hall–Kier alpha value is -1.19. The maximum absolute atomic E-state index is 13.2. The van der Waals surface area contributed by atoms with E-state index in [-0.39, 0.29) is 5.92 Å². The number of likely N-dealkylation sites (N-methyl/N-ethyl adjacent to an activating group) is 1. The zero-order valence-electron chi connectivity index (χ0n) is 15.2. The van der Waals surface area contributed by atoms with Crippen molar-refractivity contribution in [2.24, 2.45) is 17.8 Å². The van der Waals surface area contributed by atoms with Crippen LogP contribution in [0.2, 0.25) is 0 Å². The van der Waals surface area contributed by atoms with Crippen LogP contribution in [0.3, 0.4) is 0 Å². The van der Waals surface area contributed by atoms with E-state index in [1.54, 1.807) is 0 Å². The summed E-state index contributed by atoms with van der Waals surface area (Å²) >= 11 is 0. The van der Waals surface area contributed by atoms with Gasteiger partial charge in [0.2, 0.25) is 0 Å². The zero-order chi connectivity index (χ0) is 17.1. The summed E-state index contributed by atoms with van der Waals surface area (Å²) in [7, 11) is 2.02. The molecule has 0 radical (unpaired) electrons. The summed E-state index contributed by atoms with van der Waals surface area (Å²) < 4.78 is 5.88. The van der Waals surface area contributed by atoms with Gasteiger partial charge in [0.1, 0.15) is 0 Å². The van der Waals surface area contributed by atoms with E-state index in [4.69, 9.17) is 4.74 Å². The summed E-state index contributed by atoms with van der Waals surface area (Å²) in [6.07, 6.45) is 6.18. The molecule has 6 atom stereocenters. The summed E-state index contributed by atoms with van der Waals surface area (Å²) in [6.45, 7) is 4.50. The largest absolute Gasteiger partial charge is 0.368 e. The van der Waals surface area contributed by atoms with Crippen molar-refractivity contribution in [3.8, 4) is 0 Å². The van der Waals surface area contributed by atoms with Crippen LogP contribution in [0.25, 0.3) is 0 Å². The van der Waals surface area contributed by atoms with E-state index < -0.39 is 0 Å². The molecule has 1 aliphatic heterocycles.